The van der Waals surface area contributed by atoms with Crippen LogP contribution in [0.2, 0.25) is 0 Å². The summed E-state index contributed by atoms with van der Waals surface area (Å²) in [4.78, 5) is 20.2. The molecule has 0 unspecified atom stereocenters. The van der Waals surface area contributed by atoms with Crippen LogP contribution in [0.3, 0.4) is 0 Å². The van der Waals surface area contributed by atoms with E-state index in [0.29, 0.717) is 10.9 Å². The molecule has 1 aromatic carbocycles. The average molecular weight is 314 g/mol. The van der Waals surface area contributed by atoms with E-state index >= 15 is 0 Å². The molecule has 0 bridgehead atoms. The monoisotopic (exact) mass is 314 g/mol. The summed E-state index contributed by atoms with van der Waals surface area (Å²) in [5.74, 6) is 1.31. The Kier molecular flexibility index (Phi) is 4.29. The number of carbonyl (C=O) groups is 1. The molecule has 114 valence electrons. The lowest BCUT2D eigenvalue weighted by atomic mass is 10.1. The first-order valence-electron chi connectivity index (χ1n) is 7.33. The number of hydrogen-bond acceptors (Lipinski definition) is 4. The predicted octanol–water partition coefficient (Wildman–Crippen LogP) is 3.52. The van der Waals surface area contributed by atoms with E-state index in [9.17, 15) is 4.79 Å². The van der Waals surface area contributed by atoms with E-state index in [-0.39, 0.29) is 5.78 Å². The van der Waals surface area contributed by atoms with E-state index < -0.39 is 0 Å². The van der Waals surface area contributed by atoms with Crippen LogP contribution >= 0.6 is 11.8 Å². The summed E-state index contributed by atoms with van der Waals surface area (Å²) >= 11 is 1.37. The first-order chi connectivity index (χ1) is 10.7. The zero-order chi connectivity index (χ0) is 15.5. The minimum Gasteiger partial charge on any atom is -0.358 e. The Hall–Kier alpha value is -2.08. The third-order valence-corrected chi connectivity index (χ3v) is 4.35. The number of aryl methyl sites for hydroxylation is 2. The molecule has 0 saturated carbocycles. The van der Waals surface area contributed by atoms with E-state index in [1.54, 1.807) is 0 Å². The predicted molar refractivity (Wildman–Crippen MR) is 88.5 cm³/mol. The van der Waals surface area contributed by atoms with E-state index in [1.165, 1.54) is 11.8 Å². The third-order valence-electron chi connectivity index (χ3n) is 3.50. The highest BCUT2D eigenvalue weighted by molar-refractivity contribution is 7.99. The maximum absolute atomic E-state index is 12.5. The molecule has 0 aliphatic rings. The molecule has 22 heavy (non-hydrogen) atoms. The molecule has 2 heterocycles. The normalized spacial score (nSPS) is 11.2. The van der Waals surface area contributed by atoms with Crippen molar-refractivity contribution in [1.82, 2.24) is 20.2 Å². The van der Waals surface area contributed by atoms with E-state index in [1.807, 2.05) is 31.2 Å². The van der Waals surface area contributed by atoms with Gasteiger partial charge in [0.15, 0.2) is 5.78 Å². The van der Waals surface area contributed by atoms with Gasteiger partial charge in [-0.25, -0.2) is 4.98 Å². The molecule has 0 aliphatic carbocycles. The standard InChI is InChI=1S/C16H18N4OS/c1-3-6-14-18-16(20-19-14)22-9-13(21)15-10(2)17-12-8-5-4-7-11(12)15/h4-5,7-8,17H,3,6,9H2,1-2H3,(H,18,19,20). The quantitative estimate of drug-likeness (QED) is 0.539. The molecular formula is C16H18N4OS. The Labute approximate surface area is 132 Å². The van der Waals surface area contributed by atoms with Crippen LogP contribution in [0, 0.1) is 6.92 Å². The molecule has 2 aromatic heterocycles. The van der Waals surface area contributed by atoms with Crippen molar-refractivity contribution in [1.29, 1.82) is 0 Å². The lowest BCUT2D eigenvalue weighted by molar-refractivity contribution is 0.102. The number of ketones is 1. The SMILES string of the molecule is CCCc1nc(SCC(=O)c2c(C)[nH]c3ccccc23)n[nH]1. The van der Waals surface area contributed by atoms with Crippen molar-refractivity contribution in [3.05, 3.63) is 41.3 Å². The molecule has 0 aliphatic heterocycles. The fourth-order valence-corrected chi connectivity index (χ4v) is 3.22. The van der Waals surface area contributed by atoms with Crippen molar-refractivity contribution >= 4 is 28.4 Å². The van der Waals surface area contributed by atoms with Gasteiger partial charge in [-0.05, 0) is 19.4 Å². The molecule has 0 spiro atoms. The first kappa shape index (κ1) is 14.8. The van der Waals surface area contributed by atoms with Gasteiger partial charge in [0.25, 0.3) is 0 Å². The van der Waals surface area contributed by atoms with Crippen LogP contribution in [0.5, 0.6) is 0 Å². The van der Waals surface area contributed by atoms with E-state index in [2.05, 4.69) is 27.1 Å². The van der Waals surface area contributed by atoms with Gasteiger partial charge in [0, 0.05) is 28.6 Å². The molecule has 0 fully saturated rings. The number of benzene rings is 1. The minimum atomic E-state index is 0.0989. The minimum absolute atomic E-state index is 0.0989. The highest BCUT2D eigenvalue weighted by Crippen LogP contribution is 2.24. The highest BCUT2D eigenvalue weighted by atomic mass is 32.2. The summed E-state index contributed by atoms with van der Waals surface area (Å²) in [5.41, 5.74) is 2.68. The maximum atomic E-state index is 12.5. The van der Waals surface area contributed by atoms with Gasteiger partial charge in [0.1, 0.15) is 5.82 Å². The van der Waals surface area contributed by atoms with Gasteiger partial charge < -0.3 is 4.98 Å². The molecule has 2 N–H and O–H groups in total. The number of fused-ring (bicyclic) bond motifs is 1. The molecule has 3 rings (SSSR count). The fourth-order valence-electron chi connectivity index (χ4n) is 2.53. The largest absolute Gasteiger partial charge is 0.358 e. The van der Waals surface area contributed by atoms with E-state index in [0.717, 1.165) is 40.8 Å². The summed E-state index contributed by atoms with van der Waals surface area (Å²) in [6, 6.07) is 7.87. The Morgan fingerprint density at radius 3 is 2.95 bits per heavy atom. The molecule has 3 aromatic rings. The Balaban J connectivity index is 1.74. The van der Waals surface area contributed by atoms with Crippen molar-refractivity contribution in [3.8, 4) is 0 Å². The van der Waals surface area contributed by atoms with Crippen LogP contribution in [-0.4, -0.2) is 31.7 Å². The maximum Gasteiger partial charge on any atom is 0.208 e. The molecule has 0 radical (unpaired) electrons. The Morgan fingerprint density at radius 2 is 2.14 bits per heavy atom. The molecule has 5 nitrogen and oxygen atoms in total. The number of hydrogen-bond donors (Lipinski definition) is 2. The highest BCUT2D eigenvalue weighted by Gasteiger charge is 2.16. The van der Waals surface area contributed by atoms with Gasteiger partial charge >= 0.3 is 0 Å². The number of rotatable bonds is 6. The lowest BCUT2D eigenvalue weighted by Crippen LogP contribution is -2.03. The van der Waals surface area contributed by atoms with Crippen molar-refractivity contribution in [3.63, 3.8) is 0 Å². The number of H-pyrrole nitrogens is 2. The van der Waals surface area contributed by atoms with Gasteiger partial charge in [0.2, 0.25) is 5.16 Å². The number of nitrogens with one attached hydrogen (secondary N) is 2. The van der Waals surface area contributed by atoms with Crippen LogP contribution in [0.25, 0.3) is 10.9 Å². The van der Waals surface area contributed by atoms with Crippen LogP contribution < -0.4 is 0 Å². The van der Waals surface area contributed by atoms with E-state index in [4.69, 9.17) is 0 Å². The van der Waals surface area contributed by atoms with Crippen molar-refractivity contribution in [2.24, 2.45) is 0 Å². The lowest BCUT2D eigenvalue weighted by Gasteiger charge is -1.99. The van der Waals surface area contributed by atoms with Crippen LogP contribution in [0.4, 0.5) is 0 Å². The Bertz CT molecular complexity index is 805. The average Bonchev–Trinajstić information content (AvgIpc) is 3.08. The summed E-state index contributed by atoms with van der Waals surface area (Å²) in [5, 5.41) is 8.66. The summed E-state index contributed by atoms with van der Waals surface area (Å²) < 4.78 is 0. The zero-order valence-electron chi connectivity index (χ0n) is 12.6. The van der Waals surface area contributed by atoms with Crippen LogP contribution in [0.1, 0.15) is 35.2 Å². The van der Waals surface area contributed by atoms with Crippen molar-refractivity contribution in [2.75, 3.05) is 5.75 Å². The first-order valence-corrected chi connectivity index (χ1v) is 8.32. The second-order valence-electron chi connectivity index (χ2n) is 5.20. The summed E-state index contributed by atoms with van der Waals surface area (Å²) in [6.07, 6.45) is 1.90. The van der Waals surface area contributed by atoms with Crippen LogP contribution in [-0.2, 0) is 6.42 Å². The number of nitrogens with zero attached hydrogens (tertiary/aromatic N) is 2. The topological polar surface area (TPSA) is 74.4 Å². The Morgan fingerprint density at radius 1 is 1.32 bits per heavy atom. The molecular weight excluding hydrogens is 296 g/mol. The second kappa shape index (κ2) is 6.36. The van der Waals surface area contributed by atoms with Gasteiger partial charge in [-0.1, -0.05) is 36.9 Å². The van der Waals surface area contributed by atoms with Crippen LogP contribution in [0.15, 0.2) is 29.4 Å². The summed E-state index contributed by atoms with van der Waals surface area (Å²) in [6.45, 7) is 4.03. The van der Waals surface area contributed by atoms with Gasteiger partial charge in [-0.15, -0.1) is 5.10 Å². The fraction of sp³-hybridized carbons (Fsp3) is 0.312. The molecule has 0 amide bonds. The third kappa shape index (κ3) is 2.92. The number of carbonyl (C=O) groups excluding carboxylic acids is 1. The second-order valence-corrected chi connectivity index (χ2v) is 6.14. The van der Waals surface area contributed by atoms with Crippen molar-refractivity contribution < 1.29 is 4.79 Å². The van der Waals surface area contributed by atoms with Gasteiger partial charge in [0.05, 0.1) is 5.75 Å². The number of Topliss-reactive ketones (excluding diaryl/α,β-unsaturated/α-hetero) is 1. The molecule has 0 saturated heterocycles. The number of aromatic amines is 2. The zero-order valence-corrected chi connectivity index (χ0v) is 13.5. The number of para-hydroxylation sites is 1. The number of aromatic nitrogens is 4. The number of thioether (sulfide) groups is 1. The van der Waals surface area contributed by atoms with Gasteiger partial charge in [-0.2, -0.15) is 0 Å². The molecule has 0 atom stereocenters. The van der Waals surface area contributed by atoms with Gasteiger partial charge in [-0.3, -0.25) is 9.89 Å². The smallest absolute Gasteiger partial charge is 0.208 e. The van der Waals surface area contributed by atoms with Crippen molar-refractivity contribution in [2.45, 2.75) is 31.8 Å². The molecule has 6 heteroatoms. The summed E-state index contributed by atoms with van der Waals surface area (Å²) in [7, 11) is 0.